The van der Waals surface area contributed by atoms with Gasteiger partial charge in [0.1, 0.15) is 5.57 Å². The number of hydrogen-bond donors (Lipinski definition) is 2. The average Bonchev–Trinajstić information content (AvgIpc) is 2.89. The quantitative estimate of drug-likeness (QED) is 0.319. The Bertz CT molecular complexity index is 1440. The summed E-state index contributed by atoms with van der Waals surface area (Å²) in [7, 11) is 0. The maximum Gasteiger partial charge on any atom is 0.335 e. The summed E-state index contributed by atoms with van der Waals surface area (Å²) >= 11 is 6.11. The molecule has 3 aromatic rings. The largest absolute Gasteiger partial charge is 0.490 e. The molecule has 0 radical (unpaired) electrons. The molecule has 9 nitrogen and oxygen atoms in total. The van der Waals surface area contributed by atoms with Gasteiger partial charge in [0.2, 0.25) is 0 Å². The van der Waals surface area contributed by atoms with Crippen LogP contribution in [0.25, 0.3) is 6.08 Å². The molecule has 1 saturated heterocycles. The zero-order chi connectivity index (χ0) is 27.2. The average molecular weight is 534 g/mol. The van der Waals surface area contributed by atoms with Crippen molar-refractivity contribution >= 4 is 52.8 Å². The third-order valence-corrected chi connectivity index (χ3v) is 5.92. The molecule has 0 bridgehead atoms. The standard InChI is InChI=1S/C28H24ClN3O6/c1-3-37-24-14-18(10-12-23(24)38-16-25(33)30-19-11-9-17(2)22(29)15-19)13-21-26(34)31-28(36)32(27(21)35)20-7-5-4-6-8-20/h4-15H,3,16H2,1-2H3,(H,30,33)(H,31,34,36)/b21-13-. The number of urea groups is 1. The second-order valence-corrected chi connectivity index (χ2v) is 8.64. The van der Waals surface area contributed by atoms with Crippen molar-refractivity contribution in [1.82, 2.24) is 5.32 Å². The number of amides is 5. The molecule has 0 aliphatic carbocycles. The Balaban J connectivity index is 1.52. The molecule has 0 unspecified atom stereocenters. The van der Waals surface area contributed by atoms with E-state index in [1.165, 1.54) is 6.08 Å². The molecule has 194 valence electrons. The second kappa shape index (κ2) is 11.6. The molecule has 1 heterocycles. The van der Waals surface area contributed by atoms with Gasteiger partial charge >= 0.3 is 6.03 Å². The van der Waals surface area contributed by atoms with Crippen molar-refractivity contribution in [2.45, 2.75) is 13.8 Å². The lowest BCUT2D eigenvalue weighted by atomic mass is 10.1. The van der Waals surface area contributed by atoms with Gasteiger partial charge in [0.25, 0.3) is 17.7 Å². The molecule has 0 aromatic heterocycles. The minimum absolute atomic E-state index is 0.222. The topological polar surface area (TPSA) is 114 Å². The molecule has 5 amide bonds. The highest BCUT2D eigenvalue weighted by Crippen LogP contribution is 2.30. The van der Waals surface area contributed by atoms with E-state index in [4.69, 9.17) is 21.1 Å². The number of rotatable bonds is 8. The van der Waals surface area contributed by atoms with Gasteiger partial charge in [0, 0.05) is 10.7 Å². The zero-order valence-electron chi connectivity index (χ0n) is 20.6. The molecule has 1 aliphatic heterocycles. The molecule has 4 rings (SSSR count). The number of nitrogens with zero attached hydrogens (tertiary/aromatic N) is 1. The van der Waals surface area contributed by atoms with Gasteiger partial charge in [-0.2, -0.15) is 0 Å². The van der Waals surface area contributed by atoms with Crippen LogP contribution < -0.4 is 25.0 Å². The monoisotopic (exact) mass is 533 g/mol. The van der Waals surface area contributed by atoms with E-state index < -0.39 is 23.8 Å². The first-order valence-corrected chi connectivity index (χ1v) is 12.1. The maximum absolute atomic E-state index is 13.1. The van der Waals surface area contributed by atoms with E-state index >= 15 is 0 Å². The maximum atomic E-state index is 13.1. The van der Waals surface area contributed by atoms with Gasteiger partial charge in [-0.1, -0.05) is 41.9 Å². The van der Waals surface area contributed by atoms with E-state index in [0.717, 1.165) is 10.5 Å². The van der Waals surface area contributed by atoms with Crippen LogP contribution >= 0.6 is 11.6 Å². The molecule has 2 N–H and O–H groups in total. The van der Waals surface area contributed by atoms with Crippen molar-refractivity contribution in [3.8, 4) is 11.5 Å². The molecule has 38 heavy (non-hydrogen) atoms. The van der Waals surface area contributed by atoms with Gasteiger partial charge in [-0.3, -0.25) is 19.7 Å². The highest BCUT2D eigenvalue weighted by molar-refractivity contribution is 6.39. The normalized spacial score (nSPS) is 14.3. The third-order valence-electron chi connectivity index (χ3n) is 5.51. The van der Waals surface area contributed by atoms with Gasteiger partial charge in [-0.15, -0.1) is 0 Å². The fourth-order valence-electron chi connectivity index (χ4n) is 3.65. The van der Waals surface area contributed by atoms with Gasteiger partial charge < -0.3 is 14.8 Å². The number of imide groups is 2. The summed E-state index contributed by atoms with van der Waals surface area (Å²) in [4.78, 5) is 51.2. The molecule has 10 heteroatoms. The number of benzene rings is 3. The number of para-hydroxylation sites is 1. The first-order valence-electron chi connectivity index (χ1n) is 11.7. The summed E-state index contributed by atoms with van der Waals surface area (Å²) < 4.78 is 11.3. The van der Waals surface area contributed by atoms with Crippen molar-refractivity contribution in [3.63, 3.8) is 0 Å². The SMILES string of the molecule is CCOc1cc(/C=C2/C(=O)NC(=O)N(c3ccccc3)C2=O)ccc1OCC(=O)Nc1ccc(C)c(Cl)c1. The van der Waals surface area contributed by atoms with E-state index in [1.807, 2.05) is 6.92 Å². The number of carbonyl (C=O) groups excluding carboxylic acids is 4. The van der Waals surface area contributed by atoms with E-state index in [1.54, 1.807) is 73.7 Å². The summed E-state index contributed by atoms with van der Waals surface area (Å²) in [5.41, 5.74) is 2.00. The van der Waals surface area contributed by atoms with Gasteiger partial charge in [0.05, 0.1) is 12.3 Å². The van der Waals surface area contributed by atoms with Crippen LogP contribution in [0.2, 0.25) is 5.02 Å². The fourth-order valence-corrected chi connectivity index (χ4v) is 3.83. The number of hydrogen-bond acceptors (Lipinski definition) is 6. The number of anilines is 2. The lowest BCUT2D eigenvalue weighted by molar-refractivity contribution is -0.122. The predicted octanol–water partition coefficient (Wildman–Crippen LogP) is 4.73. The first-order chi connectivity index (χ1) is 18.3. The first kappa shape index (κ1) is 26.4. The predicted molar refractivity (Wildman–Crippen MR) is 143 cm³/mol. The van der Waals surface area contributed by atoms with Crippen LogP contribution in [-0.4, -0.2) is 37.0 Å². The Hall–Kier alpha value is -4.63. The highest BCUT2D eigenvalue weighted by atomic mass is 35.5. The van der Waals surface area contributed by atoms with E-state index in [2.05, 4.69) is 10.6 Å². The van der Waals surface area contributed by atoms with Crippen LogP contribution in [-0.2, 0) is 14.4 Å². The van der Waals surface area contributed by atoms with Gasteiger partial charge in [-0.05, 0) is 67.4 Å². The van der Waals surface area contributed by atoms with Crippen molar-refractivity contribution in [1.29, 1.82) is 0 Å². The number of aryl methyl sites for hydroxylation is 1. The molecule has 0 atom stereocenters. The zero-order valence-corrected chi connectivity index (χ0v) is 21.4. The minimum atomic E-state index is -0.826. The molecule has 1 fully saturated rings. The second-order valence-electron chi connectivity index (χ2n) is 8.23. The number of halogens is 1. The molecule has 0 saturated carbocycles. The summed E-state index contributed by atoms with van der Waals surface area (Å²) in [5.74, 6) is -1.34. The van der Waals surface area contributed by atoms with Crippen LogP contribution in [0.5, 0.6) is 11.5 Å². The number of ether oxygens (including phenoxy) is 2. The number of barbiturate groups is 1. The van der Waals surface area contributed by atoms with Crippen LogP contribution in [0.15, 0.2) is 72.3 Å². The van der Waals surface area contributed by atoms with Crippen molar-refractivity contribution in [2.24, 2.45) is 0 Å². The van der Waals surface area contributed by atoms with Gasteiger partial charge in [0.15, 0.2) is 18.1 Å². The Morgan fingerprint density at radius 1 is 1.00 bits per heavy atom. The number of carbonyl (C=O) groups is 4. The van der Waals surface area contributed by atoms with Crippen LogP contribution in [0.1, 0.15) is 18.1 Å². The molecule has 3 aromatic carbocycles. The summed E-state index contributed by atoms with van der Waals surface area (Å²) in [6, 6.07) is 17.4. The Morgan fingerprint density at radius 3 is 2.47 bits per heavy atom. The highest BCUT2D eigenvalue weighted by Gasteiger charge is 2.36. The van der Waals surface area contributed by atoms with Crippen molar-refractivity contribution in [2.75, 3.05) is 23.4 Å². The fraction of sp³-hybridized carbons (Fsp3) is 0.143. The lowest BCUT2D eigenvalue weighted by Gasteiger charge is -2.26. The Morgan fingerprint density at radius 2 is 1.76 bits per heavy atom. The van der Waals surface area contributed by atoms with E-state index in [9.17, 15) is 19.2 Å². The van der Waals surface area contributed by atoms with Crippen LogP contribution in [0.3, 0.4) is 0 Å². The van der Waals surface area contributed by atoms with Gasteiger partial charge in [-0.25, -0.2) is 9.69 Å². The summed E-state index contributed by atoms with van der Waals surface area (Å²) in [5, 5.41) is 5.44. The lowest BCUT2D eigenvalue weighted by Crippen LogP contribution is -2.54. The van der Waals surface area contributed by atoms with Crippen LogP contribution in [0, 0.1) is 6.92 Å². The minimum Gasteiger partial charge on any atom is -0.490 e. The van der Waals surface area contributed by atoms with E-state index in [-0.39, 0.29) is 12.2 Å². The van der Waals surface area contributed by atoms with Crippen LogP contribution in [0.4, 0.5) is 16.2 Å². The van der Waals surface area contributed by atoms with Crippen molar-refractivity contribution < 1.29 is 28.7 Å². The molecule has 1 aliphatic rings. The Kier molecular flexibility index (Phi) is 8.08. The molecular weight excluding hydrogens is 510 g/mol. The third kappa shape index (κ3) is 6.01. The van der Waals surface area contributed by atoms with Crippen molar-refractivity contribution in [3.05, 3.63) is 88.5 Å². The Labute approximate surface area is 224 Å². The molecular formula is C28H24ClN3O6. The number of nitrogens with one attached hydrogen (secondary N) is 2. The van der Waals surface area contributed by atoms with E-state index in [0.29, 0.717) is 40.1 Å². The molecule has 0 spiro atoms. The summed E-state index contributed by atoms with van der Waals surface area (Å²) in [6.45, 7) is 3.66. The smallest absolute Gasteiger partial charge is 0.335 e. The summed E-state index contributed by atoms with van der Waals surface area (Å²) in [6.07, 6.45) is 1.36.